The number of benzene rings is 1. The highest BCUT2D eigenvalue weighted by molar-refractivity contribution is 9.10. The van der Waals surface area contributed by atoms with Crippen molar-refractivity contribution >= 4 is 38.6 Å². The Morgan fingerprint density at radius 2 is 2.25 bits per heavy atom. The number of aromatic nitrogens is 1. The lowest BCUT2D eigenvalue weighted by Gasteiger charge is -1.96. The third-order valence-electron chi connectivity index (χ3n) is 1.81. The van der Waals surface area contributed by atoms with Crippen LogP contribution in [0.5, 0.6) is 0 Å². The van der Waals surface area contributed by atoms with E-state index >= 15 is 0 Å². The van der Waals surface area contributed by atoms with Crippen LogP contribution in [0.15, 0.2) is 33.8 Å². The molecule has 62 valence electrons. The number of halogens is 1. The van der Waals surface area contributed by atoms with Gasteiger partial charge in [-0.15, -0.1) is 11.8 Å². The minimum Gasteiger partial charge on any atom is -0.349 e. The van der Waals surface area contributed by atoms with E-state index in [-0.39, 0.29) is 0 Å². The first-order chi connectivity index (χ1) is 5.81. The van der Waals surface area contributed by atoms with E-state index in [4.69, 9.17) is 0 Å². The summed E-state index contributed by atoms with van der Waals surface area (Å²) in [7, 11) is 0. The highest BCUT2D eigenvalue weighted by atomic mass is 79.9. The van der Waals surface area contributed by atoms with Crippen LogP contribution in [0, 0.1) is 0 Å². The van der Waals surface area contributed by atoms with Gasteiger partial charge >= 0.3 is 0 Å². The first kappa shape index (κ1) is 8.20. The van der Waals surface area contributed by atoms with Gasteiger partial charge in [-0.05, 0) is 40.4 Å². The Bertz CT molecular complexity index is 408. The van der Waals surface area contributed by atoms with Gasteiger partial charge in [0.25, 0.3) is 0 Å². The van der Waals surface area contributed by atoms with Crippen LogP contribution in [0.4, 0.5) is 0 Å². The van der Waals surface area contributed by atoms with Crippen LogP contribution in [0.25, 0.3) is 10.9 Å². The van der Waals surface area contributed by atoms with Crippen molar-refractivity contribution in [1.82, 2.24) is 4.98 Å². The summed E-state index contributed by atoms with van der Waals surface area (Å²) in [5.41, 5.74) is 1.19. The van der Waals surface area contributed by atoms with Gasteiger partial charge in [-0.1, -0.05) is 6.07 Å². The fourth-order valence-electron chi connectivity index (χ4n) is 1.27. The number of hydrogen-bond donors (Lipinski definition) is 1. The molecule has 0 bridgehead atoms. The Balaban J connectivity index is 2.78. The Morgan fingerprint density at radius 1 is 1.42 bits per heavy atom. The zero-order valence-electron chi connectivity index (χ0n) is 6.60. The molecule has 1 aromatic carbocycles. The highest BCUT2D eigenvalue weighted by Crippen LogP contribution is 2.28. The van der Waals surface area contributed by atoms with Crippen LogP contribution in [0.1, 0.15) is 0 Å². The molecule has 12 heavy (non-hydrogen) atoms. The molecule has 0 fully saturated rings. The zero-order valence-corrected chi connectivity index (χ0v) is 9.00. The van der Waals surface area contributed by atoms with Crippen molar-refractivity contribution < 1.29 is 0 Å². The number of thioether (sulfide) groups is 1. The number of hydrogen-bond acceptors (Lipinski definition) is 1. The van der Waals surface area contributed by atoms with E-state index in [0.717, 1.165) is 4.60 Å². The summed E-state index contributed by atoms with van der Waals surface area (Å²) in [6, 6.07) is 8.39. The van der Waals surface area contributed by atoms with Crippen molar-refractivity contribution in [1.29, 1.82) is 0 Å². The Morgan fingerprint density at radius 3 is 3.00 bits per heavy atom. The second-order valence-corrected chi connectivity index (χ2v) is 4.24. The van der Waals surface area contributed by atoms with E-state index in [0.29, 0.717) is 0 Å². The molecular weight excluding hydrogens is 234 g/mol. The molecule has 0 atom stereocenters. The normalized spacial score (nSPS) is 10.8. The van der Waals surface area contributed by atoms with Crippen LogP contribution >= 0.6 is 27.7 Å². The molecule has 0 aliphatic heterocycles. The first-order valence-electron chi connectivity index (χ1n) is 3.62. The van der Waals surface area contributed by atoms with E-state index in [1.54, 1.807) is 11.8 Å². The molecule has 0 aliphatic carbocycles. The van der Waals surface area contributed by atoms with Gasteiger partial charge in [-0.2, -0.15) is 0 Å². The summed E-state index contributed by atoms with van der Waals surface area (Å²) in [5, 5.41) is 1.29. The van der Waals surface area contributed by atoms with Crippen molar-refractivity contribution in [2.45, 2.75) is 4.90 Å². The van der Waals surface area contributed by atoms with Gasteiger partial charge in [0.05, 0.1) is 4.60 Å². The molecule has 0 spiro atoms. The quantitative estimate of drug-likeness (QED) is 0.754. The summed E-state index contributed by atoms with van der Waals surface area (Å²) >= 11 is 5.19. The van der Waals surface area contributed by atoms with Gasteiger partial charge in [0.15, 0.2) is 0 Å². The standard InChI is InChI=1S/C9H8BrNS/c1-12-8-4-2-3-7-6(8)5-9(10)11-7/h2-5,11H,1H3. The molecule has 0 saturated heterocycles. The smallest absolute Gasteiger partial charge is 0.0831 e. The minimum atomic E-state index is 1.04. The third-order valence-corrected chi connectivity index (χ3v) is 3.03. The Kier molecular flexibility index (Phi) is 2.15. The average molecular weight is 242 g/mol. The lowest BCUT2D eigenvalue weighted by atomic mass is 10.2. The fraction of sp³-hybridized carbons (Fsp3) is 0.111. The van der Waals surface area contributed by atoms with Crippen molar-refractivity contribution in [2.24, 2.45) is 0 Å². The van der Waals surface area contributed by atoms with Gasteiger partial charge in [0, 0.05) is 15.8 Å². The van der Waals surface area contributed by atoms with E-state index in [2.05, 4.69) is 51.4 Å². The van der Waals surface area contributed by atoms with Crippen LogP contribution in [0.2, 0.25) is 0 Å². The highest BCUT2D eigenvalue weighted by Gasteiger charge is 2.01. The second kappa shape index (κ2) is 3.15. The number of rotatable bonds is 1. The molecular formula is C9H8BrNS. The number of H-pyrrole nitrogens is 1. The maximum Gasteiger partial charge on any atom is 0.0831 e. The van der Waals surface area contributed by atoms with Crippen LogP contribution < -0.4 is 0 Å². The number of nitrogens with one attached hydrogen (secondary N) is 1. The predicted octanol–water partition coefficient (Wildman–Crippen LogP) is 3.65. The second-order valence-electron chi connectivity index (χ2n) is 2.54. The lowest BCUT2D eigenvalue weighted by molar-refractivity contribution is 1.41. The summed E-state index contributed by atoms with van der Waals surface area (Å²) in [5.74, 6) is 0. The zero-order chi connectivity index (χ0) is 8.55. The van der Waals surface area contributed by atoms with Crippen molar-refractivity contribution in [3.05, 3.63) is 28.9 Å². The summed E-state index contributed by atoms with van der Waals surface area (Å²) in [6.07, 6.45) is 2.09. The molecule has 0 unspecified atom stereocenters. The fourth-order valence-corrected chi connectivity index (χ4v) is 2.32. The maximum atomic E-state index is 3.42. The van der Waals surface area contributed by atoms with Gasteiger partial charge in [-0.25, -0.2) is 0 Å². The van der Waals surface area contributed by atoms with Gasteiger partial charge in [-0.3, -0.25) is 0 Å². The monoisotopic (exact) mass is 241 g/mol. The molecule has 0 amide bonds. The van der Waals surface area contributed by atoms with E-state index in [1.807, 2.05) is 0 Å². The molecule has 1 nitrogen and oxygen atoms in total. The van der Waals surface area contributed by atoms with E-state index < -0.39 is 0 Å². The van der Waals surface area contributed by atoms with E-state index in [9.17, 15) is 0 Å². The van der Waals surface area contributed by atoms with Crippen molar-refractivity contribution in [2.75, 3.05) is 6.26 Å². The largest absolute Gasteiger partial charge is 0.349 e. The first-order valence-corrected chi connectivity index (χ1v) is 5.64. The van der Waals surface area contributed by atoms with Crippen LogP contribution in [0.3, 0.4) is 0 Å². The predicted molar refractivity (Wildman–Crippen MR) is 57.8 cm³/mol. The molecule has 0 saturated carbocycles. The summed E-state index contributed by atoms with van der Waals surface area (Å²) in [4.78, 5) is 4.55. The third kappa shape index (κ3) is 1.27. The molecule has 2 rings (SSSR count). The van der Waals surface area contributed by atoms with Gasteiger partial charge < -0.3 is 4.98 Å². The van der Waals surface area contributed by atoms with Gasteiger partial charge in [0.1, 0.15) is 0 Å². The average Bonchev–Trinajstić information content (AvgIpc) is 2.44. The molecule has 0 aliphatic rings. The molecule has 0 radical (unpaired) electrons. The van der Waals surface area contributed by atoms with Crippen molar-refractivity contribution in [3.8, 4) is 0 Å². The van der Waals surface area contributed by atoms with E-state index in [1.165, 1.54) is 15.8 Å². The number of aromatic amines is 1. The number of fused-ring (bicyclic) bond motifs is 1. The van der Waals surface area contributed by atoms with Crippen LogP contribution in [-0.2, 0) is 0 Å². The molecule has 1 aromatic heterocycles. The molecule has 1 N–H and O–H groups in total. The Hall–Kier alpha value is -0.410. The molecule has 2 aromatic rings. The van der Waals surface area contributed by atoms with Crippen molar-refractivity contribution in [3.63, 3.8) is 0 Å². The molecule has 3 heteroatoms. The minimum absolute atomic E-state index is 1.04. The Labute approximate surface area is 83.7 Å². The van der Waals surface area contributed by atoms with Crippen LogP contribution in [-0.4, -0.2) is 11.2 Å². The lowest BCUT2D eigenvalue weighted by Crippen LogP contribution is -1.70. The maximum absolute atomic E-state index is 3.42. The topological polar surface area (TPSA) is 15.8 Å². The van der Waals surface area contributed by atoms with Gasteiger partial charge in [0.2, 0.25) is 0 Å². The summed E-state index contributed by atoms with van der Waals surface area (Å²) in [6.45, 7) is 0. The SMILES string of the molecule is CSc1cccc2[nH]c(Br)cc12. The molecule has 1 heterocycles. The summed E-state index contributed by atoms with van der Waals surface area (Å²) < 4.78 is 1.04.